The molecule has 2 fully saturated rings. The van der Waals surface area contributed by atoms with Crippen LogP contribution < -0.4 is 4.90 Å². The Bertz CT molecular complexity index is 1290. The number of anilines is 1. The maximum absolute atomic E-state index is 10.6. The summed E-state index contributed by atoms with van der Waals surface area (Å²) in [5.41, 5.74) is 3.44. The van der Waals surface area contributed by atoms with Gasteiger partial charge in [0.15, 0.2) is 0 Å². The summed E-state index contributed by atoms with van der Waals surface area (Å²) >= 11 is 0. The predicted molar refractivity (Wildman–Crippen MR) is 141 cm³/mol. The number of benzene rings is 2. The zero-order valence-corrected chi connectivity index (χ0v) is 20.3. The van der Waals surface area contributed by atoms with Crippen LogP contribution in [0.4, 0.5) is 11.4 Å². The zero-order valence-electron chi connectivity index (χ0n) is 20.3. The highest BCUT2D eigenvalue weighted by Crippen LogP contribution is 2.53. The molecule has 3 heterocycles. The first-order chi connectivity index (χ1) is 17.7. The number of nitriles is 2. The van der Waals surface area contributed by atoms with E-state index in [-0.39, 0.29) is 18.0 Å². The molecule has 2 aromatic carbocycles. The van der Waals surface area contributed by atoms with Crippen LogP contribution >= 0.6 is 0 Å². The lowest BCUT2D eigenvalue weighted by Gasteiger charge is -2.38. The van der Waals surface area contributed by atoms with Gasteiger partial charge in [-0.15, -0.1) is 0 Å². The van der Waals surface area contributed by atoms with Crippen molar-refractivity contribution in [1.82, 2.24) is 4.90 Å². The Morgan fingerprint density at radius 3 is 2.47 bits per heavy atom. The van der Waals surface area contributed by atoms with Crippen LogP contribution in [0.3, 0.4) is 0 Å². The van der Waals surface area contributed by atoms with Crippen LogP contribution in [0.25, 0.3) is 6.08 Å². The molecular formula is C30H29N5O. The minimum Gasteiger partial charge on any atom is -0.378 e. The van der Waals surface area contributed by atoms with Crippen molar-refractivity contribution >= 4 is 23.2 Å². The SMILES string of the molecule is N#CC1(C#N)C(=Nc2ccc(N3CCOCC3)cc2)[C@@H]2c3ccccc3C=CN2[C@H]1C1CC=CCC1. The third kappa shape index (κ3) is 3.61. The number of hydrogen-bond donors (Lipinski definition) is 0. The molecule has 6 nitrogen and oxygen atoms in total. The van der Waals surface area contributed by atoms with Crippen LogP contribution in [0.1, 0.15) is 36.4 Å². The van der Waals surface area contributed by atoms with Gasteiger partial charge >= 0.3 is 0 Å². The summed E-state index contributed by atoms with van der Waals surface area (Å²) in [7, 11) is 0. The second-order valence-corrected chi connectivity index (χ2v) is 9.93. The summed E-state index contributed by atoms with van der Waals surface area (Å²) < 4.78 is 5.48. The molecule has 3 aliphatic heterocycles. The number of aliphatic imine (C=N–C) groups is 1. The van der Waals surface area contributed by atoms with Crippen molar-refractivity contribution in [2.45, 2.75) is 31.3 Å². The summed E-state index contributed by atoms with van der Waals surface area (Å²) in [4.78, 5) is 9.66. The molecule has 0 spiro atoms. The van der Waals surface area contributed by atoms with Crippen molar-refractivity contribution in [3.05, 3.63) is 78.0 Å². The fourth-order valence-electron chi connectivity index (χ4n) is 6.28. The molecule has 0 aromatic heterocycles. The Morgan fingerprint density at radius 2 is 1.75 bits per heavy atom. The maximum Gasteiger partial charge on any atom is 0.204 e. The average molecular weight is 476 g/mol. The van der Waals surface area contributed by atoms with E-state index < -0.39 is 5.41 Å². The highest BCUT2D eigenvalue weighted by molar-refractivity contribution is 6.05. The van der Waals surface area contributed by atoms with E-state index in [2.05, 4.69) is 70.6 Å². The van der Waals surface area contributed by atoms with E-state index in [1.807, 2.05) is 24.3 Å². The monoisotopic (exact) mass is 475 g/mol. The van der Waals surface area contributed by atoms with Crippen LogP contribution in [0, 0.1) is 34.0 Å². The summed E-state index contributed by atoms with van der Waals surface area (Å²) in [5, 5.41) is 21.3. The van der Waals surface area contributed by atoms with E-state index >= 15 is 0 Å². The normalized spacial score (nSPS) is 27.3. The second-order valence-electron chi connectivity index (χ2n) is 9.93. The first kappa shape index (κ1) is 22.6. The van der Waals surface area contributed by atoms with Crippen molar-refractivity contribution in [3.8, 4) is 12.1 Å². The van der Waals surface area contributed by atoms with Gasteiger partial charge in [0.25, 0.3) is 0 Å². The lowest BCUT2D eigenvalue weighted by Crippen LogP contribution is -2.44. The second kappa shape index (κ2) is 9.30. The largest absolute Gasteiger partial charge is 0.378 e. The van der Waals surface area contributed by atoms with Gasteiger partial charge in [-0.3, -0.25) is 4.99 Å². The van der Waals surface area contributed by atoms with Crippen LogP contribution in [0.15, 0.2) is 71.9 Å². The van der Waals surface area contributed by atoms with Crippen LogP contribution in [-0.2, 0) is 4.74 Å². The number of fused-ring (bicyclic) bond motifs is 3. The van der Waals surface area contributed by atoms with Crippen LogP contribution in [0.5, 0.6) is 0 Å². The summed E-state index contributed by atoms with van der Waals surface area (Å²) in [6.45, 7) is 3.22. The molecule has 0 amide bonds. The summed E-state index contributed by atoms with van der Waals surface area (Å²) in [6, 6.07) is 20.9. The number of nitrogens with zero attached hydrogens (tertiary/aromatic N) is 5. The van der Waals surface area contributed by atoms with Gasteiger partial charge < -0.3 is 14.5 Å². The number of hydrogen-bond acceptors (Lipinski definition) is 6. The molecule has 36 heavy (non-hydrogen) atoms. The smallest absolute Gasteiger partial charge is 0.204 e. The minimum atomic E-state index is -1.33. The molecular weight excluding hydrogens is 446 g/mol. The standard InChI is InChI=1S/C30H29N5O/c31-20-30(21-32)28(33-24-10-12-25(13-11-24)34-16-18-36-19-17-34)27-26-9-5-4-6-22(26)14-15-35(27)29(30)23-7-2-1-3-8-23/h1-2,4-6,9-15,23,27,29H,3,7-8,16-19H2/t23?,27-,29-/m0/s1. The molecule has 2 saturated heterocycles. The van der Waals surface area contributed by atoms with E-state index in [0.717, 1.165) is 68.1 Å². The first-order valence-electron chi connectivity index (χ1n) is 12.8. The van der Waals surface area contributed by atoms with E-state index in [0.29, 0.717) is 5.71 Å². The Hall–Kier alpha value is -3.87. The van der Waals surface area contributed by atoms with Gasteiger partial charge in [-0.25, -0.2) is 0 Å². The van der Waals surface area contributed by atoms with Crippen molar-refractivity contribution in [2.24, 2.45) is 16.3 Å². The maximum atomic E-state index is 10.6. The molecule has 4 aliphatic rings. The Morgan fingerprint density at radius 1 is 0.972 bits per heavy atom. The molecule has 0 bridgehead atoms. The van der Waals surface area contributed by atoms with Gasteiger partial charge in [-0.1, -0.05) is 36.4 Å². The third-order valence-electron chi connectivity index (χ3n) is 8.03. The Kier molecular flexibility index (Phi) is 5.83. The quantitative estimate of drug-likeness (QED) is 0.556. The number of allylic oxidation sites excluding steroid dienone is 2. The summed E-state index contributed by atoms with van der Waals surface area (Å²) in [6.07, 6.45) is 11.4. The molecule has 2 aromatic rings. The molecule has 0 saturated carbocycles. The van der Waals surface area contributed by atoms with Crippen molar-refractivity contribution < 1.29 is 4.74 Å². The third-order valence-corrected chi connectivity index (χ3v) is 8.03. The van der Waals surface area contributed by atoms with Crippen LogP contribution in [-0.4, -0.2) is 43.0 Å². The number of morpholine rings is 1. The van der Waals surface area contributed by atoms with Gasteiger partial charge in [0.2, 0.25) is 5.41 Å². The number of rotatable bonds is 3. The Labute approximate surface area is 212 Å². The van der Waals surface area contributed by atoms with Gasteiger partial charge in [-0.05, 0) is 66.6 Å². The van der Waals surface area contributed by atoms with E-state index in [9.17, 15) is 10.5 Å². The van der Waals surface area contributed by atoms with Gasteiger partial charge in [0.1, 0.15) is 0 Å². The van der Waals surface area contributed by atoms with Crippen LogP contribution in [0.2, 0.25) is 0 Å². The first-order valence-corrected chi connectivity index (χ1v) is 12.8. The topological polar surface area (TPSA) is 75.6 Å². The highest BCUT2D eigenvalue weighted by Gasteiger charge is 2.61. The van der Waals surface area contributed by atoms with Crippen molar-refractivity contribution in [3.63, 3.8) is 0 Å². The molecule has 1 aliphatic carbocycles. The molecule has 0 N–H and O–H groups in total. The Balaban J connectivity index is 1.46. The van der Waals surface area contributed by atoms with Crippen molar-refractivity contribution in [1.29, 1.82) is 10.5 Å². The lowest BCUT2D eigenvalue weighted by molar-refractivity contribution is 0.122. The molecule has 6 heteroatoms. The highest BCUT2D eigenvalue weighted by atomic mass is 16.5. The molecule has 3 atom stereocenters. The van der Waals surface area contributed by atoms with E-state index in [4.69, 9.17) is 9.73 Å². The molecule has 1 unspecified atom stereocenters. The zero-order chi connectivity index (χ0) is 24.5. The van der Waals surface area contributed by atoms with Crippen molar-refractivity contribution in [2.75, 3.05) is 31.2 Å². The van der Waals surface area contributed by atoms with Gasteiger partial charge in [0.05, 0.1) is 48.8 Å². The van der Waals surface area contributed by atoms with Gasteiger partial charge in [0, 0.05) is 25.0 Å². The molecule has 6 rings (SSSR count). The minimum absolute atomic E-state index is 0.211. The summed E-state index contributed by atoms with van der Waals surface area (Å²) in [5.74, 6) is 0.211. The number of ether oxygens (including phenoxy) is 1. The molecule has 180 valence electrons. The lowest BCUT2D eigenvalue weighted by atomic mass is 9.71. The van der Waals surface area contributed by atoms with E-state index in [1.54, 1.807) is 0 Å². The average Bonchev–Trinajstić information content (AvgIpc) is 3.24. The fraction of sp³-hybridized carbons (Fsp3) is 0.367. The van der Waals surface area contributed by atoms with Gasteiger partial charge in [-0.2, -0.15) is 10.5 Å². The van der Waals surface area contributed by atoms with E-state index in [1.165, 1.54) is 0 Å². The predicted octanol–water partition coefficient (Wildman–Crippen LogP) is 5.40. The molecule has 0 radical (unpaired) electrons. The fourth-order valence-corrected chi connectivity index (χ4v) is 6.28.